The van der Waals surface area contributed by atoms with Gasteiger partial charge in [-0.15, -0.1) is 0 Å². The second-order valence-electron chi connectivity index (χ2n) is 9.86. The molecule has 0 bridgehead atoms. The SMILES string of the molecule is COc1cc(OC)c(C)c(N2Cc3cnc(SC)nc3N(C3CN(C(=O)OC(C)(C)C)C3)C2=O)c1C. The molecule has 2 aliphatic rings. The highest BCUT2D eigenvalue weighted by molar-refractivity contribution is 7.98. The van der Waals surface area contributed by atoms with Crippen LogP contribution in [-0.4, -0.2) is 72.2 Å². The molecule has 2 aromatic rings. The summed E-state index contributed by atoms with van der Waals surface area (Å²) in [5.41, 5.74) is 2.62. The number of hydrogen-bond donors (Lipinski definition) is 0. The van der Waals surface area contributed by atoms with Gasteiger partial charge in [-0.2, -0.15) is 0 Å². The van der Waals surface area contributed by atoms with Gasteiger partial charge in [0.1, 0.15) is 22.9 Å². The van der Waals surface area contributed by atoms with Gasteiger partial charge in [0.2, 0.25) is 0 Å². The quantitative estimate of drug-likeness (QED) is 0.427. The number of anilines is 2. The van der Waals surface area contributed by atoms with Crippen molar-refractivity contribution in [1.82, 2.24) is 14.9 Å². The van der Waals surface area contributed by atoms with Crippen LogP contribution in [0.5, 0.6) is 11.5 Å². The minimum Gasteiger partial charge on any atom is -0.496 e. The molecule has 36 heavy (non-hydrogen) atoms. The molecule has 3 amide bonds. The number of hydrogen-bond acceptors (Lipinski definition) is 8. The van der Waals surface area contributed by atoms with Crippen LogP contribution in [0.15, 0.2) is 17.4 Å². The minimum absolute atomic E-state index is 0.219. The molecule has 2 aliphatic heterocycles. The van der Waals surface area contributed by atoms with E-state index in [4.69, 9.17) is 14.2 Å². The van der Waals surface area contributed by atoms with Gasteiger partial charge in [0.25, 0.3) is 0 Å². The Morgan fingerprint density at radius 2 is 1.72 bits per heavy atom. The lowest BCUT2D eigenvalue weighted by atomic mass is 10.0. The monoisotopic (exact) mass is 515 g/mol. The molecule has 0 N–H and O–H groups in total. The number of methoxy groups -OCH3 is 2. The van der Waals surface area contributed by atoms with E-state index in [1.165, 1.54) is 11.8 Å². The number of fused-ring (bicyclic) bond motifs is 1. The van der Waals surface area contributed by atoms with Crippen LogP contribution in [0.2, 0.25) is 0 Å². The molecule has 1 aromatic carbocycles. The van der Waals surface area contributed by atoms with E-state index in [9.17, 15) is 9.59 Å². The van der Waals surface area contributed by atoms with Crippen LogP contribution in [0.1, 0.15) is 37.5 Å². The largest absolute Gasteiger partial charge is 0.496 e. The zero-order chi connectivity index (χ0) is 26.4. The van der Waals surface area contributed by atoms with Gasteiger partial charge in [-0.1, -0.05) is 11.8 Å². The summed E-state index contributed by atoms with van der Waals surface area (Å²) in [6.07, 6.45) is 3.27. The molecule has 0 spiro atoms. The number of urea groups is 1. The van der Waals surface area contributed by atoms with E-state index in [1.807, 2.05) is 46.9 Å². The first-order chi connectivity index (χ1) is 17.0. The Balaban J connectivity index is 1.73. The van der Waals surface area contributed by atoms with E-state index in [-0.39, 0.29) is 12.1 Å². The number of nitrogens with zero attached hydrogens (tertiary/aromatic N) is 5. The van der Waals surface area contributed by atoms with Gasteiger partial charge in [0.05, 0.1) is 32.5 Å². The molecule has 1 aromatic heterocycles. The molecule has 1 saturated heterocycles. The number of amides is 3. The van der Waals surface area contributed by atoms with Gasteiger partial charge in [-0.3, -0.25) is 9.80 Å². The maximum absolute atomic E-state index is 14.1. The Bertz CT molecular complexity index is 1160. The summed E-state index contributed by atoms with van der Waals surface area (Å²) < 4.78 is 16.7. The van der Waals surface area contributed by atoms with Crippen molar-refractivity contribution in [3.63, 3.8) is 0 Å². The van der Waals surface area contributed by atoms with Gasteiger partial charge in [0, 0.05) is 42.0 Å². The Kier molecular flexibility index (Phi) is 6.96. The number of carbonyl (C=O) groups is 2. The van der Waals surface area contributed by atoms with Crippen molar-refractivity contribution in [2.24, 2.45) is 0 Å². The second kappa shape index (κ2) is 9.68. The van der Waals surface area contributed by atoms with E-state index >= 15 is 0 Å². The molecular formula is C25H33N5O5S. The molecule has 4 rings (SSSR count). The first-order valence-electron chi connectivity index (χ1n) is 11.7. The maximum atomic E-state index is 14.1. The highest BCUT2D eigenvalue weighted by Gasteiger charge is 2.45. The molecule has 3 heterocycles. The molecule has 0 atom stereocenters. The fraction of sp³-hybridized carbons (Fsp3) is 0.520. The van der Waals surface area contributed by atoms with E-state index in [1.54, 1.807) is 35.1 Å². The lowest BCUT2D eigenvalue weighted by molar-refractivity contribution is 0.00856. The smallest absolute Gasteiger partial charge is 0.410 e. The number of rotatable bonds is 5. The Labute approximate surface area is 215 Å². The number of benzene rings is 1. The van der Waals surface area contributed by atoms with Gasteiger partial charge in [-0.05, 0) is 40.9 Å². The summed E-state index contributed by atoms with van der Waals surface area (Å²) in [5, 5.41) is 0.582. The van der Waals surface area contributed by atoms with Crippen molar-refractivity contribution in [3.05, 3.63) is 29.0 Å². The summed E-state index contributed by atoms with van der Waals surface area (Å²) in [5.74, 6) is 1.84. The van der Waals surface area contributed by atoms with Crippen molar-refractivity contribution < 1.29 is 23.8 Å². The number of thioether (sulfide) groups is 1. The van der Waals surface area contributed by atoms with Crippen LogP contribution in [-0.2, 0) is 11.3 Å². The van der Waals surface area contributed by atoms with Crippen molar-refractivity contribution in [1.29, 1.82) is 0 Å². The van der Waals surface area contributed by atoms with Gasteiger partial charge in [-0.25, -0.2) is 19.6 Å². The third-order valence-electron chi connectivity index (χ3n) is 6.30. The zero-order valence-electron chi connectivity index (χ0n) is 22.0. The summed E-state index contributed by atoms with van der Waals surface area (Å²) in [6.45, 7) is 10.4. The van der Waals surface area contributed by atoms with E-state index in [0.29, 0.717) is 42.1 Å². The number of likely N-dealkylation sites (tertiary alicyclic amines) is 1. The molecule has 0 radical (unpaired) electrons. The van der Waals surface area contributed by atoms with Crippen LogP contribution < -0.4 is 19.3 Å². The normalized spacial score (nSPS) is 16.0. The lowest BCUT2D eigenvalue weighted by Gasteiger charge is -2.48. The molecule has 0 aliphatic carbocycles. The van der Waals surface area contributed by atoms with Gasteiger partial charge >= 0.3 is 12.1 Å². The Hall–Kier alpha value is -3.21. The fourth-order valence-electron chi connectivity index (χ4n) is 4.54. The third kappa shape index (κ3) is 4.63. The Morgan fingerprint density at radius 1 is 1.11 bits per heavy atom. The second-order valence-corrected chi connectivity index (χ2v) is 10.6. The molecule has 10 nitrogen and oxygen atoms in total. The van der Waals surface area contributed by atoms with E-state index in [2.05, 4.69) is 9.97 Å². The first kappa shape index (κ1) is 25.9. The molecule has 11 heteroatoms. The molecule has 194 valence electrons. The molecule has 0 saturated carbocycles. The highest BCUT2D eigenvalue weighted by Crippen LogP contribution is 2.42. The van der Waals surface area contributed by atoms with Crippen molar-refractivity contribution in [2.45, 2.75) is 58.0 Å². The number of carbonyl (C=O) groups excluding carboxylic acids is 2. The first-order valence-corrected chi connectivity index (χ1v) is 12.9. The average molecular weight is 516 g/mol. The molecule has 0 unspecified atom stereocenters. The predicted octanol–water partition coefficient (Wildman–Crippen LogP) is 4.40. The van der Waals surface area contributed by atoms with Crippen molar-refractivity contribution in [2.75, 3.05) is 43.4 Å². The topological polar surface area (TPSA) is 97.3 Å². The van der Waals surface area contributed by atoms with Gasteiger partial charge < -0.3 is 19.1 Å². The van der Waals surface area contributed by atoms with Crippen molar-refractivity contribution >= 4 is 35.4 Å². The standard InChI is InChI=1S/C25H33N5O5S/c1-14-18(33-6)9-19(34-7)15(2)20(14)29-11-16-10-26-22(36-8)27-21(16)30(23(29)31)17-12-28(13-17)24(32)35-25(3,4)5/h9-10,17H,11-13H2,1-8H3. The summed E-state index contributed by atoms with van der Waals surface area (Å²) in [4.78, 5) is 40.8. The zero-order valence-corrected chi connectivity index (χ0v) is 22.9. The fourth-order valence-corrected chi connectivity index (χ4v) is 4.87. The van der Waals surface area contributed by atoms with Crippen LogP contribution in [0.25, 0.3) is 0 Å². The van der Waals surface area contributed by atoms with Crippen molar-refractivity contribution in [3.8, 4) is 11.5 Å². The van der Waals surface area contributed by atoms with Gasteiger partial charge in [0.15, 0.2) is 5.16 Å². The average Bonchev–Trinajstić information content (AvgIpc) is 2.78. The van der Waals surface area contributed by atoms with Crippen LogP contribution in [0.3, 0.4) is 0 Å². The molecular weight excluding hydrogens is 482 g/mol. The van der Waals surface area contributed by atoms with E-state index < -0.39 is 11.7 Å². The van der Waals surface area contributed by atoms with Crippen LogP contribution in [0.4, 0.5) is 21.1 Å². The minimum atomic E-state index is -0.590. The van der Waals surface area contributed by atoms with E-state index in [0.717, 1.165) is 22.4 Å². The number of aromatic nitrogens is 2. The van der Waals surface area contributed by atoms with Crippen LogP contribution >= 0.6 is 11.8 Å². The maximum Gasteiger partial charge on any atom is 0.410 e. The lowest BCUT2D eigenvalue weighted by Crippen LogP contribution is -2.66. The Morgan fingerprint density at radius 3 is 2.25 bits per heavy atom. The number of ether oxygens (including phenoxy) is 3. The summed E-state index contributed by atoms with van der Waals surface area (Å²) in [6, 6.07) is 1.36. The molecule has 1 fully saturated rings. The highest BCUT2D eigenvalue weighted by atomic mass is 32.2. The summed E-state index contributed by atoms with van der Waals surface area (Å²) in [7, 11) is 3.19. The summed E-state index contributed by atoms with van der Waals surface area (Å²) >= 11 is 1.41. The van der Waals surface area contributed by atoms with Crippen LogP contribution in [0, 0.1) is 13.8 Å². The third-order valence-corrected chi connectivity index (χ3v) is 6.86. The predicted molar refractivity (Wildman–Crippen MR) is 138 cm³/mol.